The lowest BCUT2D eigenvalue weighted by atomic mass is 9.84. The summed E-state index contributed by atoms with van der Waals surface area (Å²) in [4.78, 5) is 19.4. The zero-order chi connectivity index (χ0) is 18.9. The number of halogens is 2. The van der Waals surface area contributed by atoms with Crippen molar-refractivity contribution in [2.24, 2.45) is 11.8 Å². The predicted octanol–water partition coefficient (Wildman–Crippen LogP) is 2.98. The van der Waals surface area contributed by atoms with Crippen LogP contribution in [0.5, 0.6) is 0 Å². The van der Waals surface area contributed by atoms with Gasteiger partial charge >= 0.3 is 0 Å². The second-order valence-corrected chi connectivity index (χ2v) is 7.54. The molecule has 4 rings (SSSR count). The summed E-state index contributed by atoms with van der Waals surface area (Å²) in [6.45, 7) is 0.686. The van der Waals surface area contributed by atoms with Crippen LogP contribution in [-0.4, -0.2) is 32.0 Å². The van der Waals surface area contributed by atoms with Crippen molar-refractivity contribution in [1.29, 1.82) is 0 Å². The third kappa shape index (κ3) is 4.64. The van der Waals surface area contributed by atoms with E-state index in [1.54, 1.807) is 23.1 Å². The molecule has 0 atom stereocenters. The molecule has 2 aliphatic carbocycles. The van der Waals surface area contributed by atoms with Crippen LogP contribution in [0.1, 0.15) is 54.7 Å². The van der Waals surface area contributed by atoms with Gasteiger partial charge in [0.05, 0.1) is 18.4 Å². The summed E-state index contributed by atoms with van der Waals surface area (Å²) in [5.41, 5.74) is 3.41. The minimum Gasteiger partial charge on any atom is -0.368 e. The molecule has 3 aliphatic rings. The summed E-state index contributed by atoms with van der Waals surface area (Å²) in [7, 11) is 0. The van der Waals surface area contributed by atoms with E-state index in [9.17, 15) is 13.6 Å². The van der Waals surface area contributed by atoms with Gasteiger partial charge in [0, 0.05) is 12.8 Å². The maximum atomic E-state index is 13.4. The molecule has 1 N–H and O–H groups in total. The van der Waals surface area contributed by atoms with Crippen molar-refractivity contribution in [1.82, 2.24) is 25.6 Å². The highest BCUT2D eigenvalue weighted by atomic mass is 19.3. The average Bonchev–Trinajstić information content (AvgIpc) is 3.36. The highest BCUT2D eigenvalue weighted by molar-refractivity contribution is 5.92. The van der Waals surface area contributed by atoms with Crippen molar-refractivity contribution in [3.8, 4) is 0 Å². The van der Waals surface area contributed by atoms with Gasteiger partial charge in [0.1, 0.15) is 6.26 Å². The van der Waals surface area contributed by atoms with Gasteiger partial charge in [-0.25, -0.2) is 14.2 Å². The van der Waals surface area contributed by atoms with Crippen molar-refractivity contribution in [2.45, 2.75) is 57.4 Å². The first-order chi connectivity index (χ1) is 13.0. The lowest BCUT2D eigenvalue weighted by Crippen LogP contribution is -2.38. The molecule has 1 aromatic rings. The summed E-state index contributed by atoms with van der Waals surface area (Å²) in [5, 5.41) is 10.1. The van der Waals surface area contributed by atoms with Crippen molar-refractivity contribution in [3.63, 3.8) is 0 Å². The lowest BCUT2D eigenvalue weighted by molar-refractivity contribution is -0.0931. The number of aromatic nitrogens is 3. The van der Waals surface area contributed by atoms with E-state index in [-0.39, 0.29) is 24.5 Å². The molecule has 146 valence electrons. The molecule has 1 aliphatic heterocycles. The van der Waals surface area contributed by atoms with Gasteiger partial charge in [-0.3, -0.25) is 4.79 Å². The van der Waals surface area contributed by atoms with Crippen molar-refractivity contribution >= 4 is 5.91 Å². The van der Waals surface area contributed by atoms with Crippen LogP contribution in [0.15, 0.2) is 24.6 Å². The summed E-state index contributed by atoms with van der Waals surface area (Å²) < 4.78 is 26.8. The van der Waals surface area contributed by atoms with Crippen molar-refractivity contribution < 1.29 is 18.4 Å². The zero-order valence-electron chi connectivity index (χ0n) is 15.0. The van der Waals surface area contributed by atoms with Gasteiger partial charge in [0.2, 0.25) is 5.92 Å². The van der Waals surface area contributed by atoms with Crippen LogP contribution in [0.25, 0.3) is 0 Å². The van der Waals surface area contributed by atoms with E-state index in [0.29, 0.717) is 37.4 Å². The SMILES string of the molecule is O=C(NN1C=CC=CO1)c1nn(CC2CC2)nc1CC1CCC(F)(F)CC1. The molecule has 7 nitrogen and oxygen atoms in total. The third-order valence-electron chi connectivity index (χ3n) is 5.17. The summed E-state index contributed by atoms with van der Waals surface area (Å²) in [6, 6.07) is 0. The van der Waals surface area contributed by atoms with Gasteiger partial charge in [-0.15, -0.1) is 10.3 Å². The minimum absolute atomic E-state index is 0.0938. The van der Waals surface area contributed by atoms with E-state index >= 15 is 0 Å². The number of alkyl halides is 2. The van der Waals surface area contributed by atoms with Crippen molar-refractivity contribution in [2.75, 3.05) is 0 Å². The smallest absolute Gasteiger partial charge is 0.294 e. The van der Waals surface area contributed by atoms with Crippen LogP contribution in [0, 0.1) is 11.8 Å². The molecule has 0 radical (unpaired) electrons. The maximum Gasteiger partial charge on any atom is 0.294 e. The van der Waals surface area contributed by atoms with Crippen LogP contribution in [0.4, 0.5) is 8.78 Å². The van der Waals surface area contributed by atoms with Gasteiger partial charge in [0.15, 0.2) is 5.69 Å². The van der Waals surface area contributed by atoms with Crippen LogP contribution in [0.2, 0.25) is 0 Å². The number of carbonyl (C=O) groups excluding carboxylic acids is 1. The van der Waals surface area contributed by atoms with E-state index < -0.39 is 11.8 Å². The van der Waals surface area contributed by atoms with Gasteiger partial charge in [-0.05, 0) is 56.1 Å². The molecule has 2 heterocycles. The van der Waals surface area contributed by atoms with Gasteiger partial charge in [0.25, 0.3) is 5.91 Å². The second-order valence-electron chi connectivity index (χ2n) is 7.54. The first kappa shape index (κ1) is 17.9. The highest BCUT2D eigenvalue weighted by Crippen LogP contribution is 2.37. The fraction of sp³-hybridized carbons (Fsp3) is 0.611. The second kappa shape index (κ2) is 7.28. The number of nitrogens with zero attached hydrogens (tertiary/aromatic N) is 4. The highest BCUT2D eigenvalue weighted by Gasteiger charge is 2.36. The first-order valence-corrected chi connectivity index (χ1v) is 9.41. The summed E-state index contributed by atoms with van der Waals surface area (Å²) in [5.74, 6) is -2.33. The Morgan fingerprint density at radius 3 is 2.63 bits per heavy atom. The first-order valence-electron chi connectivity index (χ1n) is 9.41. The number of carbonyl (C=O) groups is 1. The Morgan fingerprint density at radius 1 is 1.19 bits per heavy atom. The van der Waals surface area contributed by atoms with Crippen molar-refractivity contribution in [3.05, 3.63) is 36.0 Å². The number of allylic oxidation sites excluding steroid dienone is 2. The summed E-state index contributed by atoms with van der Waals surface area (Å²) >= 11 is 0. The molecule has 9 heteroatoms. The Hall–Kier alpha value is -2.45. The van der Waals surface area contributed by atoms with Gasteiger partial charge < -0.3 is 4.84 Å². The largest absolute Gasteiger partial charge is 0.368 e. The molecule has 2 saturated carbocycles. The van der Waals surface area contributed by atoms with Crippen LogP contribution in [-0.2, 0) is 17.8 Å². The Kier molecular flexibility index (Phi) is 4.84. The zero-order valence-corrected chi connectivity index (χ0v) is 15.0. The molecule has 0 unspecified atom stereocenters. The molecule has 0 saturated heterocycles. The molecular weight excluding hydrogens is 356 g/mol. The van der Waals surface area contributed by atoms with E-state index in [0.717, 1.165) is 12.8 Å². The summed E-state index contributed by atoms with van der Waals surface area (Å²) in [6.07, 6.45) is 9.86. The van der Waals surface area contributed by atoms with Crippen LogP contribution < -0.4 is 5.43 Å². The minimum atomic E-state index is -2.56. The molecule has 27 heavy (non-hydrogen) atoms. The number of nitrogens with one attached hydrogen (secondary N) is 1. The number of amides is 1. The maximum absolute atomic E-state index is 13.4. The number of hydroxylamine groups is 1. The van der Waals surface area contributed by atoms with E-state index in [1.807, 2.05) is 0 Å². The fourth-order valence-electron chi connectivity index (χ4n) is 3.41. The fourth-order valence-corrected chi connectivity index (χ4v) is 3.41. The molecule has 1 aromatic heterocycles. The van der Waals surface area contributed by atoms with E-state index in [1.165, 1.54) is 11.4 Å². The molecular formula is C18H23F2N5O2. The average molecular weight is 379 g/mol. The number of hydrogen-bond donors (Lipinski definition) is 1. The lowest BCUT2D eigenvalue weighted by Gasteiger charge is -2.27. The third-order valence-corrected chi connectivity index (χ3v) is 5.17. The quantitative estimate of drug-likeness (QED) is 0.823. The number of rotatable bonds is 6. The Labute approximate surface area is 156 Å². The van der Waals surface area contributed by atoms with E-state index in [4.69, 9.17) is 4.84 Å². The molecule has 2 fully saturated rings. The monoisotopic (exact) mass is 379 g/mol. The van der Waals surface area contributed by atoms with Crippen LogP contribution in [0.3, 0.4) is 0 Å². The molecule has 0 aromatic carbocycles. The molecule has 1 amide bonds. The van der Waals surface area contributed by atoms with Gasteiger partial charge in [-0.1, -0.05) is 0 Å². The van der Waals surface area contributed by atoms with Crippen LogP contribution >= 0.6 is 0 Å². The molecule has 0 spiro atoms. The number of hydrazine groups is 1. The number of hydrogen-bond acceptors (Lipinski definition) is 5. The molecule has 0 bridgehead atoms. The van der Waals surface area contributed by atoms with E-state index in [2.05, 4.69) is 15.6 Å². The normalized spacial score (nSPS) is 21.9. The predicted molar refractivity (Wildman–Crippen MR) is 92.0 cm³/mol. The Balaban J connectivity index is 1.46. The Bertz CT molecular complexity index is 747. The topological polar surface area (TPSA) is 72.3 Å². The van der Waals surface area contributed by atoms with Gasteiger partial charge in [-0.2, -0.15) is 9.90 Å². The Morgan fingerprint density at radius 2 is 1.96 bits per heavy atom. The standard InChI is InChI=1S/C18H23F2N5O2/c19-18(20)7-5-13(6-8-18)11-15-16(22-24(21-15)12-14-3-4-14)17(26)23-25-9-1-2-10-27-25/h1-2,9-10,13-14H,3-8,11-12H2,(H,23,26).